The zero-order chi connectivity index (χ0) is 14.7. The fourth-order valence-corrected chi connectivity index (χ4v) is 2.81. The number of nitrogens with one attached hydrogen (secondary N) is 1. The van der Waals surface area contributed by atoms with E-state index in [0.29, 0.717) is 16.0 Å². The van der Waals surface area contributed by atoms with Crippen molar-refractivity contribution in [1.29, 1.82) is 0 Å². The Labute approximate surface area is 131 Å². The lowest BCUT2D eigenvalue weighted by Crippen LogP contribution is -2.17. The molecule has 1 aromatic carbocycles. The van der Waals surface area contributed by atoms with Gasteiger partial charge in [0.15, 0.2) is 0 Å². The van der Waals surface area contributed by atoms with E-state index in [1.807, 2.05) is 67.6 Å². The molecule has 0 aliphatic rings. The molecule has 0 atom stereocenters. The summed E-state index contributed by atoms with van der Waals surface area (Å²) in [5.74, 6) is 1.49. The molecule has 0 amide bonds. The Hall–Kier alpha value is -1.37. The van der Waals surface area contributed by atoms with Crippen molar-refractivity contribution in [2.75, 3.05) is 6.61 Å². The standard InChI is InChI=1S/C15H17IN2O2/c1-4-20-11-8-6-5-7-10(11)14-17-13(9(2)3)12(16)15(19)18-14/h5-9H,4H2,1-3H3,(H,17,18,19). The summed E-state index contributed by atoms with van der Waals surface area (Å²) in [6, 6.07) is 7.60. The number of aromatic nitrogens is 2. The minimum atomic E-state index is -0.106. The van der Waals surface area contributed by atoms with Gasteiger partial charge >= 0.3 is 0 Å². The highest BCUT2D eigenvalue weighted by atomic mass is 127. The second-order valence-corrected chi connectivity index (χ2v) is 5.78. The first-order valence-electron chi connectivity index (χ1n) is 6.56. The Morgan fingerprint density at radius 2 is 2.05 bits per heavy atom. The number of hydrogen-bond donors (Lipinski definition) is 1. The first kappa shape index (κ1) is 15.0. The van der Waals surface area contributed by atoms with Crippen LogP contribution >= 0.6 is 22.6 Å². The van der Waals surface area contributed by atoms with E-state index < -0.39 is 0 Å². The van der Waals surface area contributed by atoms with E-state index >= 15 is 0 Å². The van der Waals surface area contributed by atoms with Crippen molar-refractivity contribution in [3.63, 3.8) is 0 Å². The molecule has 0 spiro atoms. The maximum Gasteiger partial charge on any atom is 0.264 e. The molecule has 2 aromatic rings. The number of aromatic amines is 1. The van der Waals surface area contributed by atoms with Crippen LogP contribution in [0.3, 0.4) is 0 Å². The molecule has 0 bridgehead atoms. The van der Waals surface area contributed by atoms with Gasteiger partial charge in [0.25, 0.3) is 5.56 Å². The molecule has 1 heterocycles. The van der Waals surface area contributed by atoms with Crippen LogP contribution in [-0.4, -0.2) is 16.6 Å². The van der Waals surface area contributed by atoms with E-state index in [1.165, 1.54) is 0 Å². The van der Waals surface area contributed by atoms with E-state index in [1.54, 1.807) is 0 Å². The minimum absolute atomic E-state index is 0.106. The number of ether oxygens (including phenoxy) is 1. The van der Waals surface area contributed by atoms with Crippen molar-refractivity contribution in [2.24, 2.45) is 0 Å². The maximum atomic E-state index is 12.1. The zero-order valence-corrected chi connectivity index (χ0v) is 13.9. The van der Waals surface area contributed by atoms with E-state index in [9.17, 15) is 4.79 Å². The number of hydrogen-bond acceptors (Lipinski definition) is 3. The Balaban J connectivity index is 2.62. The normalized spacial score (nSPS) is 10.8. The third-order valence-electron chi connectivity index (χ3n) is 2.88. The molecule has 0 aliphatic carbocycles. The lowest BCUT2D eigenvalue weighted by atomic mass is 10.1. The van der Waals surface area contributed by atoms with Gasteiger partial charge in [0.2, 0.25) is 0 Å². The average molecular weight is 384 g/mol. The topological polar surface area (TPSA) is 55.0 Å². The summed E-state index contributed by atoms with van der Waals surface area (Å²) in [5, 5.41) is 0. The smallest absolute Gasteiger partial charge is 0.264 e. The van der Waals surface area contributed by atoms with Gasteiger partial charge in [-0.2, -0.15) is 0 Å². The number of nitrogens with zero attached hydrogens (tertiary/aromatic N) is 1. The summed E-state index contributed by atoms with van der Waals surface area (Å²) in [5.41, 5.74) is 1.52. The molecule has 0 fully saturated rings. The highest BCUT2D eigenvalue weighted by Gasteiger charge is 2.15. The summed E-state index contributed by atoms with van der Waals surface area (Å²) in [4.78, 5) is 19.5. The molecule has 0 saturated carbocycles. The largest absolute Gasteiger partial charge is 0.493 e. The van der Waals surface area contributed by atoms with Crippen LogP contribution in [0.5, 0.6) is 5.75 Å². The fraction of sp³-hybridized carbons (Fsp3) is 0.333. The third kappa shape index (κ3) is 3.03. The lowest BCUT2D eigenvalue weighted by Gasteiger charge is -2.12. The quantitative estimate of drug-likeness (QED) is 0.821. The molecule has 1 N–H and O–H groups in total. The van der Waals surface area contributed by atoms with Crippen molar-refractivity contribution >= 4 is 22.6 Å². The maximum absolute atomic E-state index is 12.1. The molecular formula is C15H17IN2O2. The van der Waals surface area contributed by atoms with Crippen LogP contribution in [0.1, 0.15) is 32.4 Å². The van der Waals surface area contributed by atoms with E-state index in [0.717, 1.165) is 17.0 Å². The average Bonchev–Trinajstić information content (AvgIpc) is 2.42. The number of halogens is 1. The van der Waals surface area contributed by atoms with Gasteiger partial charge in [-0.15, -0.1) is 0 Å². The van der Waals surface area contributed by atoms with Crippen LogP contribution < -0.4 is 10.3 Å². The van der Waals surface area contributed by atoms with Gasteiger partial charge in [0.05, 0.1) is 21.4 Å². The predicted octanol–water partition coefficient (Wildman–Crippen LogP) is 3.56. The van der Waals surface area contributed by atoms with Crippen LogP contribution in [0, 0.1) is 3.57 Å². The number of para-hydroxylation sites is 1. The number of benzene rings is 1. The Morgan fingerprint density at radius 1 is 1.35 bits per heavy atom. The van der Waals surface area contributed by atoms with Gasteiger partial charge in [0, 0.05) is 0 Å². The third-order valence-corrected chi connectivity index (χ3v) is 3.92. The van der Waals surface area contributed by atoms with Crippen molar-refractivity contribution in [2.45, 2.75) is 26.7 Å². The highest BCUT2D eigenvalue weighted by molar-refractivity contribution is 14.1. The molecule has 1 aromatic heterocycles. The molecule has 106 valence electrons. The lowest BCUT2D eigenvalue weighted by molar-refractivity contribution is 0.341. The minimum Gasteiger partial charge on any atom is -0.493 e. The Bertz CT molecular complexity index is 665. The fourth-order valence-electron chi connectivity index (χ4n) is 1.93. The molecule has 4 nitrogen and oxygen atoms in total. The SMILES string of the molecule is CCOc1ccccc1-c1nc(C(C)C)c(I)c(=O)[nH]1. The molecule has 0 unspecified atom stereocenters. The predicted molar refractivity (Wildman–Crippen MR) is 88.3 cm³/mol. The summed E-state index contributed by atoms with van der Waals surface area (Å²) >= 11 is 2.04. The molecule has 5 heteroatoms. The van der Waals surface area contributed by atoms with Crippen molar-refractivity contribution < 1.29 is 4.74 Å². The number of rotatable bonds is 4. The van der Waals surface area contributed by atoms with Gasteiger partial charge in [-0.05, 0) is 47.6 Å². The zero-order valence-electron chi connectivity index (χ0n) is 11.7. The second-order valence-electron chi connectivity index (χ2n) is 4.70. The van der Waals surface area contributed by atoms with Crippen LogP contribution in [-0.2, 0) is 0 Å². The van der Waals surface area contributed by atoms with Crippen LogP contribution in [0.25, 0.3) is 11.4 Å². The molecular weight excluding hydrogens is 367 g/mol. The van der Waals surface area contributed by atoms with Crippen LogP contribution in [0.4, 0.5) is 0 Å². The van der Waals surface area contributed by atoms with Crippen molar-refractivity contribution in [1.82, 2.24) is 9.97 Å². The summed E-state index contributed by atoms with van der Waals surface area (Å²) < 4.78 is 6.25. The first-order valence-corrected chi connectivity index (χ1v) is 7.64. The highest BCUT2D eigenvalue weighted by Crippen LogP contribution is 2.28. The van der Waals surface area contributed by atoms with Crippen molar-refractivity contribution in [3.05, 3.63) is 43.9 Å². The molecule has 0 radical (unpaired) electrons. The van der Waals surface area contributed by atoms with E-state index in [4.69, 9.17) is 4.74 Å². The molecule has 20 heavy (non-hydrogen) atoms. The van der Waals surface area contributed by atoms with Gasteiger partial charge in [-0.3, -0.25) is 4.79 Å². The van der Waals surface area contributed by atoms with E-state index in [2.05, 4.69) is 9.97 Å². The molecule has 0 saturated heterocycles. The van der Waals surface area contributed by atoms with Gasteiger partial charge in [0.1, 0.15) is 11.6 Å². The molecule has 2 rings (SSSR count). The van der Waals surface area contributed by atoms with Crippen LogP contribution in [0.2, 0.25) is 0 Å². The second kappa shape index (κ2) is 6.39. The Morgan fingerprint density at radius 3 is 2.70 bits per heavy atom. The van der Waals surface area contributed by atoms with Crippen LogP contribution in [0.15, 0.2) is 29.1 Å². The monoisotopic (exact) mass is 384 g/mol. The summed E-state index contributed by atoms with van der Waals surface area (Å²) in [7, 11) is 0. The summed E-state index contributed by atoms with van der Waals surface area (Å²) in [6.07, 6.45) is 0. The molecule has 0 aliphatic heterocycles. The summed E-state index contributed by atoms with van der Waals surface area (Å²) in [6.45, 7) is 6.56. The van der Waals surface area contributed by atoms with Gasteiger partial charge in [-0.25, -0.2) is 4.98 Å². The van der Waals surface area contributed by atoms with Crippen molar-refractivity contribution in [3.8, 4) is 17.1 Å². The van der Waals surface area contributed by atoms with Gasteiger partial charge in [-0.1, -0.05) is 26.0 Å². The van der Waals surface area contributed by atoms with Gasteiger partial charge < -0.3 is 9.72 Å². The van der Waals surface area contributed by atoms with E-state index in [-0.39, 0.29) is 11.5 Å². The number of H-pyrrole nitrogens is 1. The first-order chi connectivity index (χ1) is 9.54. The Kier molecular flexibility index (Phi) is 4.80.